The second kappa shape index (κ2) is 7.81. The average Bonchev–Trinajstić information content (AvgIpc) is 3.11. The Labute approximate surface area is 183 Å². The molecule has 31 heavy (non-hydrogen) atoms. The Hall–Kier alpha value is -3.77. The Morgan fingerprint density at radius 2 is 1.71 bits per heavy atom. The highest BCUT2D eigenvalue weighted by Gasteiger charge is 2.17. The van der Waals surface area contributed by atoms with Gasteiger partial charge in [-0.3, -0.25) is 9.97 Å². The normalized spacial score (nSPS) is 11.2. The van der Waals surface area contributed by atoms with Gasteiger partial charge in [0.1, 0.15) is 0 Å². The summed E-state index contributed by atoms with van der Waals surface area (Å²) < 4.78 is 3.05. The predicted molar refractivity (Wildman–Crippen MR) is 121 cm³/mol. The first-order valence-electron chi connectivity index (χ1n) is 9.80. The standard InChI is InChI=1S/C24H18ClN5O/c1-16-2-3-17(14-27-16)15-30-24(31)29-13-10-21(18-4-6-20(25)7-5-18)22(23(29)28-30)19-8-11-26-12-9-19/h2-14H,15H2,1H3. The third-order valence-electron chi connectivity index (χ3n) is 5.18. The van der Waals surface area contributed by atoms with Crippen LogP contribution in [0.15, 0.2) is 84.2 Å². The molecule has 5 aromatic rings. The topological polar surface area (TPSA) is 65.1 Å². The Morgan fingerprint density at radius 3 is 2.42 bits per heavy atom. The molecule has 0 unspecified atom stereocenters. The largest absolute Gasteiger partial charge is 0.350 e. The van der Waals surface area contributed by atoms with E-state index in [1.807, 2.05) is 61.5 Å². The van der Waals surface area contributed by atoms with Crippen molar-refractivity contribution in [3.63, 3.8) is 0 Å². The van der Waals surface area contributed by atoms with Crippen LogP contribution in [0.25, 0.3) is 27.9 Å². The summed E-state index contributed by atoms with van der Waals surface area (Å²) in [6.07, 6.45) is 7.01. The van der Waals surface area contributed by atoms with Crippen molar-refractivity contribution >= 4 is 17.2 Å². The molecule has 5 rings (SSSR count). The van der Waals surface area contributed by atoms with Crippen LogP contribution in [-0.2, 0) is 6.54 Å². The van der Waals surface area contributed by atoms with Crippen LogP contribution >= 0.6 is 11.6 Å². The Kier molecular flexibility index (Phi) is 4.84. The van der Waals surface area contributed by atoms with Gasteiger partial charge in [0.05, 0.1) is 6.54 Å². The van der Waals surface area contributed by atoms with Crippen LogP contribution < -0.4 is 5.69 Å². The van der Waals surface area contributed by atoms with Gasteiger partial charge in [-0.2, -0.15) is 0 Å². The number of rotatable bonds is 4. The lowest BCUT2D eigenvalue weighted by atomic mass is 9.96. The van der Waals surface area contributed by atoms with E-state index in [-0.39, 0.29) is 5.69 Å². The molecule has 6 nitrogen and oxygen atoms in total. The van der Waals surface area contributed by atoms with Gasteiger partial charge in [-0.15, -0.1) is 5.10 Å². The van der Waals surface area contributed by atoms with Gasteiger partial charge in [0.2, 0.25) is 0 Å². The highest BCUT2D eigenvalue weighted by atomic mass is 35.5. The van der Waals surface area contributed by atoms with Crippen LogP contribution in [0.5, 0.6) is 0 Å². The van der Waals surface area contributed by atoms with E-state index in [1.54, 1.807) is 29.2 Å². The lowest BCUT2D eigenvalue weighted by Crippen LogP contribution is -2.21. The highest BCUT2D eigenvalue weighted by Crippen LogP contribution is 2.34. The van der Waals surface area contributed by atoms with Gasteiger partial charge < -0.3 is 0 Å². The lowest BCUT2D eigenvalue weighted by Gasteiger charge is -2.11. The van der Waals surface area contributed by atoms with Crippen LogP contribution in [0.1, 0.15) is 11.3 Å². The van der Waals surface area contributed by atoms with E-state index < -0.39 is 0 Å². The molecule has 0 amide bonds. The van der Waals surface area contributed by atoms with Crippen molar-refractivity contribution in [3.05, 3.63) is 106 Å². The molecule has 0 N–H and O–H groups in total. The Balaban J connectivity index is 1.73. The molecule has 0 radical (unpaired) electrons. The first kappa shape index (κ1) is 19.2. The van der Waals surface area contributed by atoms with Crippen molar-refractivity contribution in [1.29, 1.82) is 0 Å². The number of hydrogen-bond donors (Lipinski definition) is 0. The van der Waals surface area contributed by atoms with E-state index in [0.717, 1.165) is 33.5 Å². The summed E-state index contributed by atoms with van der Waals surface area (Å²) in [5, 5.41) is 5.37. The maximum absolute atomic E-state index is 13.1. The summed E-state index contributed by atoms with van der Waals surface area (Å²) in [6.45, 7) is 2.28. The molecule has 4 heterocycles. The van der Waals surface area contributed by atoms with Gasteiger partial charge in [-0.1, -0.05) is 29.8 Å². The van der Waals surface area contributed by atoms with E-state index in [4.69, 9.17) is 16.7 Å². The van der Waals surface area contributed by atoms with E-state index >= 15 is 0 Å². The van der Waals surface area contributed by atoms with E-state index in [1.165, 1.54) is 4.68 Å². The van der Waals surface area contributed by atoms with Gasteiger partial charge in [0.25, 0.3) is 0 Å². The maximum Gasteiger partial charge on any atom is 0.350 e. The van der Waals surface area contributed by atoms with Crippen LogP contribution in [0, 0.1) is 6.92 Å². The fraction of sp³-hybridized carbons (Fsp3) is 0.0833. The molecule has 0 atom stereocenters. The summed E-state index contributed by atoms with van der Waals surface area (Å²) in [5.41, 5.74) is 5.98. The predicted octanol–water partition coefficient (Wildman–Crippen LogP) is 4.63. The molecule has 152 valence electrons. The minimum Gasteiger partial charge on any atom is -0.265 e. The summed E-state index contributed by atoms with van der Waals surface area (Å²) in [4.78, 5) is 21.5. The summed E-state index contributed by atoms with van der Waals surface area (Å²) in [5.74, 6) is 0. The fourth-order valence-electron chi connectivity index (χ4n) is 3.62. The van der Waals surface area contributed by atoms with Gasteiger partial charge in [0, 0.05) is 41.1 Å². The second-order valence-corrected chi connectivity index (χ2v) is 7.73. The van der Waals surface area contributed by atoms with Crippen molar-refractivity contribution in [2.75, 3.05) is 0 Å². The molecule has 0 saturated heterocycles. The third kappa shape index (κ3) is 3.62. The zero-order chi connectivity index (χ0) is 21.4. The van der Waals surface area contributed by atoms with E-state index in [2.05, 4.69) is 9.97 Å². The number of fused-ring (bicyclic) bond motifs is 1. The molecule has 0 saturated carbocycles. The van der Waals surface area contributed by atoms with Gasteiger partial charge in [-0.25, -0.2) is 13.9 Å². The highest BCUT2D eigenvalue weighted by molar-refractivity contribution is 6.30. The first-order chi connectivity index (χ1) is 15.1. The monoisotopic (exact) mass is 427 g/mol. The van der Waals surface area contributed by atoms with E-state index in [0.29, 0.717) is 17.2 Å². The SMILES string of the molecule is Cc1ccc(Cn2nc3c(-c4ccncc4)c(-c4ccc(Cl)cc4)ccn3c2=O)cn1. The molecule has 0 spiro atoms. The molecular formula is C24H18ClN5O. The van der Waals surface area contributed by atoms with Crippen molar-refractivity contribution in [3.8, 4) is 22.3 Å². The minimum atomic E-state index is -0.200. The maximum atomic E-state index is 13.1. The van der Waals surface area contributed by atoms with Gasteiger partial charge in [-0.05, 0) is 65.6 Å². The molecular weight excluding hydrogens is 410 g/mol. The molecule has 0 bridgehead atoms. The van der Waals surface area contributed by atoms with Crippen LogP contribution in [0.4, 0.5) is 0 Å². The summed E-state index contributed by atoms with van der Waals surface area (Å²) in [6, 6.07) is 17.3. The smallest absolute Gasteiger partial charge is 0.265 e. The molecule has 4 aromatic heterocycles. The molecule has 0 aliphatic rings. The number of aryl methyl sites for hydroxylation is 1. The number of aromatic nitrogens is 5. The molecule has 0 aliphatic heterocycles. The number of pyridine rings is 3. The Morgan fingerprint density at radius 1 is 0.935 bits per heavy atom. The van der Waals surface area contributed by atoms with Crippen LogP contribution in [0.2, 0.25) is 5.02 Å². The zero-order valence-electron chi connectivity index (χ0n) is 16.7. The van der Waals surface area contributed by atoms with E-state index in [9.17, 15) is 4.79 Å². The zero-order valence-corrected chi connectivity index (χ0v) is 17.5. The molecule has 7 heteroatoms. The molecule has 0 fully saturated rings. The molecule has 1 aromatic carbocycles. The van der Waals surface area contributed by atoms with Crippen molar-refractivity contribution in [2.45, 2.75) is 13.5 Å². The summed E-state index contributed by atoms with van der Waals surface area (Å²) in [7, 11) is 0. The van der Waals surface area contributed by atoms with Crippen LogP contribution in [0.3, 0.4) is 0 Å². The first-order valence-corrected chi connectivity index (χ1v) is 10.2. The van der Waals surface area contributed by atoms with Gasteiger partial charge >= 0.3 is 5.69 Å². The molecule has 0 aliphatic carbocycles. The third-order valence-corrected chi connectivity index (χ3v) is 5.43. The minimum absolute atomic E-state index is 0.200. The fourth-order valence-corrected chi connectivity index (χ4v) is 3.74. The quantitative estimate of drug-likeness (QED) is 0.419. The van der Waals surface area contributed by atoms with Crippen molar-refractivity contribution in [1.82, 2.24) is 24.1 Å². The number of nitrogens with zero attached hydrogens (tertiary/aromatic N) is 5. The number of hydrogen-bond acceptors (Lipinski definition) is 4. The van der Waals surface area contributed by atoms with Gasteiger partial charge in [0.15, 0.2) is 5.65 Å². The average molecular weight is 428 g/mol. The lowest BCUT2D eigenvalue weighted by molar-refractivity contribution is 0.656. The summed E-state index contributed by atoms with van der Waals surface area (Å²) >= 11 is 6.09. The Bertz CT molecular complexity index is 1420. The number of halogens is 1. The number of benzene rings is 1. The van der Waals surface area contributed by atoms with Crippen molar-refractivity contribution in [2.24, 2.45) is 0 Å². The second-order valence-electron chi connectivity index (χ2n) is 7.29. The van der Waals surface area contributed by atoms with Crippen molar-refractivity contribution < 1.29 is 0 Å². The van der Waals surface area contributed by atoms with Crippen LogP contribution in [-0.4, -0.2) is 24.1 Å².